The number of hydrogen-bond acceptors (Lipinski definition) is 3. The van der Waals surface area contributed by atoms with Gasteiger partial charge >= 0.3 is 0 Å². The molecular formula is C9H5FN2O2. The number of benzene rings is 1. The Balaban J connectivity index is 2.81. The van der Waals surface area contributed by atoms with Crippen LogP contribution in [0.3, 0.4) is 0 Å². The number of nitrogens with zero attached hydrogens (tertiary/aromatic N) is 2. The Kier molecular flexibility index (Phi) is 1.85. The number of rotatable bonds is 1. The molecule has 4 nitrogen and oxygen atoms in total. The molecule has 2 rings (SSSR count). The van der Waals surface area contributed by atoms with E-state index in [1.165, 1.54) is 24.3 Å². The quantitative estimate of drug-likeness (QED) is 0.395. The Morgan fingerprint density at radius 2 is 2.07 bits per heavy atom. The molecule has 0 bridgehead atoms. The zero-order valence-electron chi connectivity index (χ0n) is 6.98. The average Bonchev–Trinajstić information content (AvgIpc) is 2.16. The fourth-order valence-corrected chi connectivity index (χ4v) is 1.27. The van der Waals surface area contributed by atoms with Crippen molar-refractivity contribution >= 4 is 16.6 Å². The van der Waals surface area contributed by atoms with Gasteiger partial charge in [-0.15, -0.1) is 0 Å². The standard InChI is InChI=1S/C9H5FN2O2/c10-9-5-4-6-7(11-9)2-1-3-8(6)12(13)14/h1-5H. The average molecular weight is 192 g/mol. The van der Waals surface area contributed by atoms with Gasteiger partial charge in [0.25, 0.3) is 5.69 Å². The van der Waals surface area contributed by atoms with Crippen molar-refractivity contribution in [3.05, 3.63) is 46.4 Å². The van der Waals surface area contributed by atoms with Gasteiger partial charge in [-0.05, 0) is 18.2 Å². The number of fused-ring (bicyclic) bond motifs is 1. The summed E-state index contributed by atoms with van der Waals surface area (Å²) in [6.07, 6.45) is 0. The molecule has 5 heteroatoms. The van der Waals surface area contributed by atoms with E-state index in [9.17, 15) is 14.5 Å². The highest BCUT2D eigenvalue weighted by molar-refractivity contribution is 5.87. The summed E-state index contributed by atoms with van der Waals surface area (Å²) in [5.74, 6) is -0.641. The predicted molar refractivity (Wildman–Crippen MR) is 48.4 cm³/mol. The normalized spacial score (nSPS) is 10.4. The summed E-state index contributed by atoms with van der Waals surface area (Å²) >= 11 is 0. The number of hydrogen-bond donors (Lipinski definition) is 0. The van der Waals surface area contributed by atoms with Crippen LogP contribution in [0, 0.1) is 16.1 Å². The van der Waals surface area contributed by atoms with Crippen molar-refractivity contribution in [1.82, 2.24) is 4.98 Å². The highest BCUT2D eigenvalue weighted by atomic mass is 19.1. The van der Waals surface area contributed by atoms with Crippen LogP contribution in [0.4, 0.5) is 10.1 Å². The zero-order valence-corrected chi connectivity index (χ0v) is 6.98. The molecule has 1 aromatic carbocycles. The van der Waals surface area contributed by atoms with Gasteiger partial charge in [0.15, 0.2) is 0 Å². The van der Waals surface area contributed by atoms with Crippen molar-refractivity contribution in [3.8, 4) is 0 Å². The van der Waals surface area contributed by atoms with Gasteiger partial charge in [-0.2, -0.15) is 4.39 Å². The fourth-order valence-electron chi connectivity index (χ4n) is 1.27. The molecule has 0 radical (unpaired) electrons. The molecule has 1 aromatic heterocycles. The molecule has 1 heterocycles. The van der Waals surface area contributed by atoms with Gasteiger partial charge in [0.05, 0.1) is 15.8 Å². The first-order valence-corrected chi connectivity index (χ1v) is 3.88. The third-order valence-corrected chi connectivity index (χ3v) is 1.87. The molecule has 0 aliphatic heterocycles. The molecular weight excluding hydrogens is 187 g/mol. The Hall–Kier alpha value is -2.04. The van der Waals surface area contributed by atoms with Crippen LogP contribution in [0.1, 0.15) is 0 Å². The number of pyridine rings is 1. The van der Waals surface area contributed by atoms with Crippen LogP contribution in [0.15, 0.2) is 30.3 Å². The van der Waals surface area contributed by atoms with Crippen LogP contribution in [-0.4, -0.2) is 9.91 Å². The van der Waals surface area contributed by atoms with E-state index >= 15 is 0 Å². The maximum Gasteiger partial charge on any atom is 0.278 e. The zero-order chi connectivity index (χ0) is 10.1. The second-order valence-electron chi connectivity index (χ2n) is 2.73. The summed E-state index contributed by atoms with van der Waals surface area (Å²) in [6.45, 7) is 0. The first kappa shape index (κ1) is 8.55. The highest BCUT2D eigenvalue weighted by Gasteiger charge is 2.11. The molecule has 2 aromatic rings. The van der Waals surface area contributed by atoms with Gasteiger partial charge < -0.3 is 0 Å². The van der Waals surface area contributed by atoms with Gasteiger partial charge in [0.1, 0.15) is 0 Å². The minimum absolute atomic E-state index is 0.0602. The third-order valence-electron chi connectivity index (χ3n) is 1.87. The number of non-ortho nitro benzene ring substituents is 1. The molecule has 70 valence electrons. The van der Waals surface area contributed by atoms with Crippen LogP contribution in [0.25, 0.3) is 10.9 Å². The largest absolute Gasteiger partial charge is 0.278 e. The lowest BCUT2D eigenvalue weighted by molar-refractivity contribution is -0.383. The third kappa shape index (κ3) is 1.28. The molecule has 0 unspecified atom stereocenters. The van der Waals surface area contributed by atoms with E-state index in [1.807, 2.05) is 0 Å². The molecule has 0 atom stereocenters. The topological polar surface area (TPSA) is 56.0 Å². The summed E-state index contributed by atoms with van der Waals surface area (Å²) in [6, 6.07) is 6.84. The SMILES string of the molecule is O=[N+]([O-])c1cccc2nc(F)ccc12. The lowest BCUT2D eigenvalue weighted by Gasteiger charge is -1.97. The van der Waals surface area contributed by atoms with E-state index in [-0.39, 0.29) is 5.69 Å². The van der Waals surface area contributed by atoms with Crippen LogP contribution >= 0.6 is 0 Å². The van der Waals surface area contributed by atoms with E-state index < -0.39 is 10.9 Å². The lowest BCUT2D eigenvalue weighted by atomic mass is 10.2. The van der Waals surface area contributed by atoms with Crippen molar-refractivity contribution < 1.29 is 9.31 Å². The van der Waals surface area contributed by atoms with E-state index in [2.05, 4.69) is 4.98 Å². The van der Waals surface area contributed by atoms with Crippen molar-refractivity contribution in [3.63, 3.8) is 0 Å². The van der Waals surface area contributed by atoms with E-state index in [1.54, 1.807) is 0 Å². The van der Waals surface area contributed by atoms with Crippen LogP contribution < -0.4 is 0 Å². The van der Waals surface area contributed by atoms with E-state index in [0.717, 1.165) is 6.07 Å². The van der Waals surface area contributed by atoms with Gasteiger partial charge in [-0.1, -0.05) is 6.07 Å². The molecule has 0 aliphatic rings. The monoisotopic (exact) mass is 192 g/mol. The lowest BCUT2D eigenvalue weighted by Crippen LogP contribution is -1.91. The van der Waals surface area contributed by atoms with Crippen molar-refractivity contribution in [2.75, 3.05) is 0 Å². The fraction of sp³-hybridized carbons (Fsp3) is 0. The Morgan fingerprint density at radius 1 is 1.29 bits per heavy atom. The number of nitro benzene ring substituents is 1. The maximum absolute atomic E-state index is 12.7. The number of nitro groups is 1. The van der Waals surface area contributed by atoms with Gasteiger partial charge in [-0.25, -0.2) is 4.98 Å². The maximum atomic E-state index is 12.7. The smallest absolute Gasteiger partial charge is 0.258 e. The van der Waals surface area contributed by atoms with Crippen LogP contribution in [0.5, 0.6) is 0 Å². The highest BCUT2D eigenvalue weighted by Crippen LogP contribution is 2.23. The molecule has 0 N–H and O–H groups in total. The summed E-state index contributed by atoms with van der Waals surface area (Å²) in [5, 5.41) is 10.9. The van der Waals surface area contributed by atoms with Crippen molar-refractivity contribution in [1.29, 1.82) is 0 Å². The molecule has 0 aliphatic carbocycles. The molecule has 14 heavy (non-hydrogen) atoms. The molecule has 0 saturated carbocycles. The Bertz CT molecular complexity index is 513. The molecule has 0 spiro atoms. The second kappa shape index (κ2) is 3.02. The summed E-state index contributed by atoms with van der Waals surface area (Å²) < 4.78 is 12.7. The number of halogens is 1. The van der Waals surface area contributed by atoms with Crippen LogP contribution in [-0.2, 0) is 0 Å². The van der Waals surface area contributed by atoms with E-state index in [0.29, 0.717) is 10.9 Å². The van der Waals surface area contributed by atoms with E-state index in [4.69, 9.17) is 0 Å². The first-order chi connectivity index (χ1) is 6.68. The summed E-state index contributed by atoms with van der Waals surface area (Å²) in [4.78, 5) is 13.6. The van der Waals surface area contributed by atoms with Crippen molar-refractivity contribution in [2.24, 2.45) is 0 Å². The summed E-state index contributed by atoms with van der Waals surface area (Å²) in [7, 11) is 0. The number of aromatic nitrogens is 1. The van der Waals surface area contributed by atoms with Gasteiger partial charge in [0.2, 0.25) is 5.95 Å². The molecule has 0 amide bonds. The Morgan fingerprint density at radius 3 is 2.79 bits per heavy atom. The molecule has 0 saturated heterocycles. The second-order valence-corrected chi connectivity index (χ2v) is 2.73. The van der Waals surface area contributed by atoms with Gasteiger partial charge in [0, 0.05) is 6.07 Å². The first-order valence-electron chi connectivity index (χ1n) is 3.88. The predicted octanol–water partition coefficient (Wildman–Crippen LogP) is 2.28. The van der Waals surface area contributed by atoms with Crippen molar-refractivity contribution in [2.45, 2.75) is 0 Å². The minimum atomic E-state index is -0.641. The Labute approximate surface area is 78.2 Å². The van der Waals surface area contributed by atoms with Gasteiger partial charge in [-0.3, -0.25) is 10.1 Å². The molecule has 0 fully saturated rings. The minimum Gasteiger partial charge on any atom is -0.258 e. The summed E-state index contributed by atoms with van der Waals surface area (Å²) in [5.41, 5.74) is 0.231. The van der Waals surface area contributed by atoms with Crippen LogP contribution in [0.2, 0.25) is 0 Å².